The standard InChI is InChI=1S/C11H16N6O3S/c1-12-11(18)9-4-8(5-16(9)2)21(19,20)17(3)6-10-13-7-14-15-10/h4-5,7H,6H2,1-3H3,(H,12,18)(H,13,14,15). The second-order valence-electron chi connectivity index (χ2n) is 4.44. The van der Waals surface area contributed by atoms with Crippen molar-refractivity contribution >= 4 is 15.9 Å². The Morgan fingerprint density at radius 3 is 2.81 bits per heavy atom. The molecule has 0 spiro atoms. The third kappa shape index (κ3) is 2.95. The lowest BCUT2D eigenvalue weighted by molar-refractivity contribution is 0.0955. The van der Waals surface area contributed by atoms with Gasteiger partial charge in [0.05, 0.1) is 6.54 Å². The summed E-state index contributed by atoms with van der Waals surface area (Å²) >= 11 is 0. The molecule has 2 N–H and O–H groups in total. The Balaban J connectivity index is 2.29. The highest BCUT2D eigenvalue weighted by molar-refractivity contribution is 7.89. The van der Waals surface area contributed by atoms with Crippen LogP contribution in [0.4, 0.5) is 0 Å². The Labute approximate surface area is 122 Å². The number of sulfonamides is 1. The van der Waals surface area contributed by atoms with Crippen molar-refractivity contribution in [3.8, 4) is 0 Å². The van der Waals surface area contributed by atoms with E-state index in [4.69, 9.17) is 0 Å². The highest BCUT2D eigenvalue weighted by Gasteiger charge is 2.25. The SMILES string of the molecule is CNC(=O)c1cc(S(=O)(=O)N(C)Cc2ncn[nH]2)cn1C. The average molecular weight is 312 g/mol. The number of H-pyrrole nitrogens is 1. The van der Waals surface area contributed by atoms with E-state index in [2.05, 4.69) is 20.5 Å². The van der Waals surface area contributed by atoms with Crippen molar-refractivity contribution < 1.29 is 13.2 Å². The topological polar surface area (TPSA) is 113 Å². The van der Waals surface area contributed by atoms with Crippen molar-refractivity contribution in [2.75, 3.05) is 14.1 Å². The van der Waals surface area contributed by atoms with Crippen molar-refractivity contribution in [3.05, 3.63) is 30.1 Å². The quantitative estimate of drug-likeness (QED) is 0.760. The van der Waals surface area contributed by atoms with Gasteiger partial charge in [0.2, 0.25) is 10.0 Å². The number of carbonyl (C=O) groups is 1. The molecule has 9 nitrogen and oxygen atoms in total. The van der Waals surface area contributed by atoms with Gasteiger partial charge in [0.1, 0.15) is 22.7 Å². The number of nitrogens with zero attached hydrogens (tertiary/aromatic N) is 4. The fourth-order valence-corrected chi connectivity index (χ4v) is 3.02. The van der Waals surface area contributed by atoms with Crippen LogP contribution in [0.15, 0.2) is 23.5 Å². The molecule has 0 saturated heterocycles. The van der Waals surface area contributed by atoms with Crippen LogP contribution in [0.5, 0.6) is 0 Å². The van der Waals surface area contributed by atoms with Crippen LogP contribution in [0.25, 0.3) is 0 Å². The van der Waals surface area contributed by atoms with Gasteiger partial charge < -0.3 is 9.88 Å². The zero-order chi connectivity index (χ0) is 15.6. The summed E-state index contributed by atoms with van der Waals surface area (Å²) in [5.74, 6) is 0.0837. The van der Waals surface area contributed by atoms with Crippen LogP contribution in [0.3, 0.4) is 0 Å². The van der Waals surface area contributed by atoms with E-state index in [0.29, 0.717) is 5.82 Å². The molecule has 114 valence electrons. The lowest BCUT2D eigenvalue weighted by Crippen LogP contribution is -2.26. The molecule has 2 aromatic rings. The molecule has 2 heterocycles. The summed E-state index contributed by atoms with van der Waals surface area (Å²) in [6.07, 6.45) is 2.71. The lowest BCUT2D eigenvalue weighted by Gasteiger charge is -2.14. The van der Waals surface area contributed by atoms with Crippen LogP contribution in [-0.4, -0.2) is 52.5 Å². The maximum absolute atomic E-state index is 12.5. The van der Waals surface area contributed by atoms with Crippen LogP contribution in [0, 0.1) is 0 Å². The number of aromatic amines is 1. The summed E-state index contributed by atoms with van der Waals surface area (Å²) in [5, 5.41) is 8.73. The minimum Gasteiger partial charge on any atom is -0.354 e. The monoisotopic (exact) mass is 312 g/mol. The summed E-state index contributed by atoms with van der Waals surface area (Å²) in [7, 11) is 0.818. The van der Waals surface area contributed by atoms with Gasteiger partial charge in [0, 0.05) is 27.3 Å². The van der Waals surface area contributed by atoms with Crippen molar-refractivity contribution in [3.63, 3.8) is 0 Å². The van der Waals surface area contributed by atoms with Crippen LogP contribution >= 0.6 is 0 Å². The fraction of sp³-hybridized carbons (Fsp3) is 0.364. The molecule has 10 heteroatoms. The highest BCUT2D eigenvalue weighted by atomic mass is 32.2. The molecular formula is C11H16N6O3S. The van der Waals surface area contributed by atoms with E-state index in [0.717, 1.165) is 4.31 Å². The van der Waals surface area contributed by atoms with Gasteiger partial charge in [0.25, 0.3) is 5.91 Å². The van der Waals surface area contributed by atoms with Gasteiger partial charge in [-0.05, 0) is 6.07 Å². The van der Waals surface area contributed by atoms with Gasteiger partial charge in [-0.25, -0.2) is 13.4 Å². The molecule has 0 unspecified atom stereocenters. The maximum Gasteiger partial charge on any atom is 0.267 e. The summed E-state index contributed by atoms with van der Waals surface area (Å²) in [6, 6.07) is 1.34. The van der Waals surface area contributed by atoms with Crippen LogP contribution in [0.2, 0.25) is 0 Å². The molecule has 0 radical (unpaired) electrons. The molecule has 0 saturated carbocycles. The third-order valence-corrected chi connectivity index (χ3v) is 4.75. The van der Waals surface area contributed by atoms with E-state index in [9.17, 15) is 13.2 Å². The number of carbonyl (C=O) groups excluding carboxylic acids is 1. The minimum atomic E-state index is -3.71. The van der Waals surface area contributed by atoms with Crippen molar-refractivity contribution in [1.82, 2.24) is 29.4 Å². The predicted molar refractivity (Wildman–Crippen MR) is 73.8 cm³/mol. The number of hydrogen-bond donors (Lipinski definition) is 2. The predicted octanol–water partition coefficient (Wildman–Crippen LogP) is -0.676. The van der Waals surface area contributed by atoms with E-state index < -0.39 is 10.0 Å². The van der Waals surface area contributed by atoms with Gasteiger partial charge in [0.15, 0.2) is 0 Å². The Morgan fingerprint density at radius 2 is 2.24 bits per heavy atom. The average Bonchev–Trinajstić information content (AvgIpc) is 3.07. The van der Waals surface area contributed by atoms with Gasteiger partial charge in [-0.1, -0.05) is 0 Å². The van der Waals surface area contributed by atoms with Crippen LogP contribution in [0.1, 0.15) is 16.3 Å². The van der Waals surface area contributed by atoms with E-state index in [1.54, 1.807) is 7.05 Å². The maximum atomic E-state index is 12.5. The molecule has 0 aromatic carbocycles. The fourth-order valence-electron chi connectivity index (χ4n) is 1.81. The minimum absolute atomic E-state index is 0.0469. The zero-order valence-electron chi connectivity index (χ0n) is 11.9. The molecule has 0 atom stereocenters. The molecule has 0 aliphatic rings. The second-order valence-corrected chi connectivity index (χ2v) is 6.49. The molecule has 1 amide bonds. The number of amides is 1. The van der Waals surface area contributed by atoms with Crippen LogP contribution in [-0.2, 0) is 23.6 Å². The van der Waals surface area contributed by atoms with Gasteiger partial charge in [-0.2, -0.15) is 9.40 Å². The third-order valence-electron chi connectivity index (χ3n) is 2.99. The molecular weight excluding hydrogens is 296 g/mol. The first-order valence-electron chi connectivity index (χ1n) is 6.05. The molecule has 2 aromatic heterocycles. The van der Waals surface area contributed by atoms with Gasteiger partial charge in [-0.3, -0.25) is 9.89 Å². The van der Waals surface area contributed by atoms with Crippen molar-refractivity contribution in [1.29, 1.82) is 0 Å². The number of nitrogens with one attached hydrogen (secondary N) is 2. The molecule has 0 bridgehead atoms. The first-order chi connectivity index (χ1) is 9.86. The molecule has 0 fully saturated rings. The summed E-state index contributed by atoms with van der Waals surface area (Å²) < 4.78 is 27.5. The van der Waals surface area contributed by atoms with Gasteiger partial charge >= 0.3 is 0 Å². The first-order valence-corrected chi connectivity index (χ1v) is 7.49. The van der Waals surface area contributed by atoms with Gasteiger partial charge in [-0.15, -0.1) is 0 Å². The van der Waals surface area contributed by atoms with E-state index >= 15 is 0 Å². The van der Waals surface area contributed by atoms with E-state index in [1.807, 2.05) is 0 Å². The van der Waals surface area contributed by atoms with E-state index in [1.165, 1.54) is 37.3 Å². The largest absolute Gasteiger partial charge is 0.354 e. The summed E-state index contributed by atoms with van der Waals surface area (Å²) in [6.45, 7) is 0.0620. The first kappa shape index (κ1) is 15.2. The van der Waals surface area contributed by atoms with Crippen LogP contribution < -0.4 is 5.32 Å². The van der Waals surface area contributed by atoms with E-state index in [-0.39, 0.29) is 23.0 Å². The Morgan fingerprint density at radius 1 is 1.52 bits per heavy atom. The summed E-state index contributed by atoms with van der Waals surface area (Å²) in [5.41, 5.74) is 0.268. The number of aryl methyl sites for hydroxylation is 1. The molecule has 0 aliphatic carbocycles. The zero-order valence-corrected chi connectivity index (χ0v) is 12.7. The number of rotatable bonds is 5. The van der Waals surface area contributed by atoms with Crippen molar-refractivity contribution in [2.45, 2.75) is 11.4 Å². The number of hydrogen-bond acceptors (Lipinski definition) is 5. The Bertz CT molecular complexity index is 734. The highest BCUT2D eigenvalue weighted by Crippen LogP contribution is 2.18. The normalized spacial score (nSPS) is 11.8. The molecule has 21 heavy (non-hydrogen) atoms. The molecule has 0 aliphatic heterocycles. The Hall–Kier alpha value is -2.20. The smallest absolute Gasteiger partial charge is 0.267 e. The summed E-state index contributed by atoms with van der Waals surface area (Å²) in [4.78, 5) is 15.6. The lowest BCUT2D eigenvalue weighted by atomic mass is 10.4. The second kappa shape index (κ2) is 5.66. The Kier molecular flexibility index (Phi) is 4.09. The number of aromatic nitrogens is 4. The molecule has 2 rings (SSSR count). The van der Waals surface area contributed by atoms with Crippen molar-refractivity contribution in [2.24, 2.45) is 7.05 Å².